The Labute approximate surface area is 154 Å². The van der Waals surface area contributed by atoms with Crippen molar-refractivity contribution in [1.29, 1.82) is 0 Å². The van der Waals surface area contributed by atoms with Crippen LogP contribution in [0.4, 0.5) is 5.69 Å². The van der Waals surface area contributed by atoms with Gasteiger partial charge in [0, 0.05) is 36.7 Å². The van der Waals surface area contributed by atoms with Crippen LogP contribution in [0.5, 0.6) is 0 Å². The zero-order valence-corrected chi connectivity index (χ0v) is 15.7. The molecule has 6 nitrogen and oxygen atoms in total. The maximum absolute atomic E-state index is 12.9. The zero-order valence-electron chi connectivity index (χ0n) is 14.9. The van der Waals surface area contributed by atoms with Crippen molar-refractivity contribution in [2.75, 3.05) is 18.4 Å². The first-order valence-electron chi connectivity index (χ1n) is 8.68. The second-order valence-corrected chi connectivity index (χ2v) is 8.92. The molecule has 0 saturated carbocycles. The first-order chi connectivity index (χ1) is 12.4. The van der Waals surface area contributed by atoms with Crippen LogP contribution in [-0.4, -0.2) is 36.7 Å². The lowest BCUT2D eigenvalue weighted by molar-refractivity contribution is 0.102. The Kier molecular flexibility index (Phi) is 5.38. The largest absolute Gasteiger partial charge is 0.322 e. The molecule has 138 valence electrons. The van der Waals surface area contributed by atoms with Gasteiger partial charge in [0.15, 0.2) is 0 Å². The van der Waals surface area contributed by atoms with Crippen LogP contribution < -0.4 is 5.32 Å². The fourth-order valence-corrected chi connectivity index (χ4v) is 5.05. The third kappa shape index (κ3) is 4.11. The van der Waals surface area contributed by atoms with Gasteiger partial charge >= 0.3 is 0 Å². The molecule has 1 fully saturated rings. The number of rotatable bonds is 4. The molecule has 7 heteroatoms. The van der Waals surface area contributed by atoms with Crippen molar-refractivity contribution >= 4 is 21.6 Å². The normalized spacial score (nSPS) is 21.3. The molecule has 0 unspecified atom stereocenters. The van der Waals surface area contributed by atoms with Crippen LogP contribution in [0.25, 0.3) is 0 Å². The molecule has 1 N–H and O–H groups in total. The van der Waals surface area contributed by atoms with Gasteiger partial charge in [-0.1, -0.05) is 13.8 Å². The first-order valence-corrected chi connectivity index (χ1v) is 10.1. The summed E-state index contributed by atoms with van der Waals surface area (Å²) >= 11 is 0. The zero-order chi connectivity index (χ0) is 18.7. The van der Waals surface area contributed by atoms with Crippen LogP contribution in [0.2, 0.25) is 0 Å². The van der Waals surface area contributed by atoms with Gasteiger partial charge in [0.05, 0.1) is 4.90 Å². The van der Waals surface area contributed by atoms with E-state index in [1.54, 1.807) is 53.1 Å². The summed E-state index contributed by atoms with van der Waals surface area (Å²) in [5.74, 6) is 0.446. The van der Waals surface area contributed by atoms with E-state index in [4.69, 9.17) is 0 Å². The third-order valence-electron chi connectivity index (χ3n) is 4.53. The van der Waals surface area contributed by atoms with E-state index >= 15 is 0 Å². The Morgan fingerprint density at radius 2 is 1.62 bits per heavy atom. The second-order valence-electron chi connectivity index (χ2n) is 6.98. The van der Waals surface area contributed by atoms with Gasteiger partial charge in [-0.2, -0.15) is 4.31 Å². The van der Waals surface area contributed by atoms with E-state index in [-0.39, 0.29) is 10.8 Å². The van der Waals surface area contributed by atoms with E-state index in [0.717, 1.165) is 6.42 Å². The molecule has 0 bridgehead atoms. The quantitative estimate of drug-likeness (QED) is 0.893. The molecule has 1 aliphatic rings. The van der Waals surface area contributed by atoms with Crippen LogP contribution in [0.1, 0.15) is 30.6 Å². The van der Waals surface area contributed by atoms with E-state index in [2.05, 4.69) is 24.1 Å². The van der Waals surface area contributed by atoms with Crippen molar-refractivity contribution in [2.24, 2.45) is 11.8 Å². The summed E-state index contributed by atoms with van der Waals surface area (Å²) in [7, 11) is -3.51. The maximum atomic E-state index is 12.9. The molecular weight excluding hydrogens is 350 g/mol. The van der Waals surface area contributed by atoms with Crippen molar-refractivity contribution in [3.63, 3.8) is 0 Å². The fourth-order valence-electron chi connectivity index (χ4n) is 3.37. The Bertz CT molecular complexity index is 857. The Balaban J connectivity index is 1.73. The smallest absolute Gasteiger partial charge is 0.255 e. The third-order valence-corrected chi connectivity index (χ3v) is 6.37. The van der Waals surface area contributed by atoms with Gasteiger partial charge in [0.25, 0.3) is 5.91 Å². The maximum Gasteiger partial charge on any atom is 0.255 e. The van der Waals surface area contributed by atoms with E-state index in [0.29, 0.717) is 36.2 Å². The molecule has 1 aliphatic heterocycles. The highest BCUT2D eigenvalue weighted by Crippen LogP contribution is 2.27. The van der Waals surface area contributed by atoms with E-state index in [1.807, 2.05) is 0 Å². The average Bonchev–Trinajstić information content (AvgIpc) is 2.62. The molecule has 1 amide bonds. The molecule has 0 spiro atoms. The molecule has 0 radical (unpaired) electrons. The van der Waals surface area contributed by atoms with E-state index in [1.165, 1.54) is 0 Å². The first kappa shape index (κ1) is 18.5. The lowest BCUT2D eigenvalue weighted by Crippen LogP contribution is -2.42. The highest BCUT2D eigenvalue weighted by molar-refractivity contribution is 7.89. The average molecular weight is 373 g/mol. The summed E-state index contributed by atoms with van der Waals surface area (Å²) in [6, 6.07) is 9.55. The van der Waals surface area contributed by atoms with Crippen molar-refractivity contribution in [2.45, 2.75) is 25.2 Å². The lowest BCUT2D eigenvalue weighted by atomic mass is 9.94. The minimum Gasteiger partial charge on any atom is -0.322 e. The van der Waals surface area contributed by atoms with Crippen LogP contribution in [0, 0.1) is 11.8 Å². The van der Waals surface area contributed by atoms with Crippen molar-refractivity contribution in [3.8, 4) is 0 Å². The number of piperidine rings is 1. The number of nitrogens with one attached hydrogen (secondary N) is 1. The number of hydrogen-bond donors (Lipinski definition) is 1. The van der Waals surface area contributed by atoms with E-state index in [9.17, 15) is 13.2 Å². The number of aromatic nitrogens is 1. The molecule has 1 aromatic carbocycles. The SMILES string of the molecule is C[C@@H]1C[C@H](C)CN(S(=O)(=O)c2ccc(NC(=O)c3ccncc3)cc2)C1. The number of amides is 1. The summed E-state index contributed by atoms with van der Waals surface area (Å²) in [4.78, 5) is 16.3. The summed E-state index contributed by atoms with van der Waals surface area (Å²) in [6.45, 7) is 5.26. The summed E-state index contributed by atoms with van der Waals surface area (Å²) in [5, 5.41) is 2.76. The second kappa shape index (κ2) is 7.55. The van der Waals surface area contributed by atoms with Gasteiger partial charge in [0.2, 0.25) is 10.0 Å². The summed E-state index contributed by atoms with van der Waals surface area (Å²) < 4.78 is 27.3. The number of sulfonamides is 1. The number of carbonyl (C=O) groups excluding carboxylic acids is 1. The predicted octanol–water partition coefficient (Wildman–Crippen LogP) is 3.00. The molecule has 3 rings (SSSR count). The highest BCUT2D eigenvalue weighted by atomic mass is 32.2. The van der Waals surface area contributed by atoms with Crippen LogP contribution >= 0.6 is 0 Å². The topological polar surface area (TPSA) is 79.4 Å². The van der Waals surface area contributed by atoms with Crippen LogP contribution in [0.3, 0.4) is 0 Å². The molecule has 1 aromatic heterocycles. The van der Waals surface area contributed by atoms with Crippen molar-refractivity contribution in [3.05, 3.63) is 54.4 Å². The highest BCUT2D eigenvalue weighted by Gasteiger charge is 2.31. The molecule has 2 aromatic rings. The Morgan fingerprint density at radius 3 is 2.19 bits per heavy atom. The van der Waals surface area contributed by atoms with Crippen molar-refractivity contribution in [1.82, 2.24) is 9.29 Å². The van der Waals surface area contributed by atoms with E-state index < -0.39 is 10.0 Å². The van der Waals surface area contributed by atoms with Gasteiger partial charge in [-0.3, -0.25) is 9.78 Å². The van der Waals surface area contributed by atoms with Gasteiger partial charge in [-0.25, -0.2) is 8.42 Å². The number of benzene rings is 1. The predicted molar refractivity (Wildman–Crippen MR) is 100 cm³/mol. The number of pyridine rings is 1. The fraction of sp³-hybridized carbons (Fsp3) is 0.368. The molecule has 0 aliphatic carbocycles. The molecule has 1 saturated heterocycles. The monoisotopic (exact) mass is 373 g/mol. The van der Waals surface area contributed by atoms with Crippen LogP contribution in [-0.2, 0) is 10.0 Å². The summed E-state index contributed by atoms with van der Waals surface area (Å²) in [6.07, 6.45) is 4.14. The molecular formula is C19H23N3O3S. The molecule has 2 heterocycles. The minimum atomic E-state index is -3.51. The Hall–Kier alpha value is -2.25. The minimum absolute atomic E-state index is 0.251. The number of nitrogens with zero attached hydrogens (tertiary/aromatic N) is 2. The van der Waals surface area contributed by atoms with Crippen molar-refractivity contribution < 1.29 is 13.2 Å². The number of hydrogen-bond acceptors (Lipinski definition) is 4. The van der Waals surface area contributed by atoms with Crippen LogP contribution in [0.15, 0.2) is 53.7 Å². The number of anilines is 1. The summed E-state index contributed by atoms with van der Waals surface area (Å²) in [5.41, 5.74) is 1.04. The number of carbonyl (C=O) groups is 1. The standard InChI is InChI=1S/C19H23N3O3S/c1-14-11-15(2)13-22(12-14)26(24,25)18-5-3-17(4-6-18)21-19(23)16-7-9-20-10-8-16/h3-10,14-15H,11-13H2,1-2H3,(H,21,23)/t14-,15+. The van der Waals surface area contributed by atoms with Gasteiger partial charge < -0.3 is 5.32 Å². The molecule has 2 atom stereocenters. The van der Waals surface area contributed by atoms with Gasteiger partial charge in [-0.05, 0) is 54.7 Å². The molecule has 26 heavy (non-hydrogen) atoms. The van der Waals surface area contributed by atoms with Gasteiger partial charge in [-0.15, -0.1) is 0 Å². The lowest BCUT2D eigenvalue weighted by Gasteiger charge is -2.34. The van der Waals surface area contributed by atoms with Gasteiger partial charge in [0.1, 0.15) is 0 Å². The Morgan fingerprint density at radius 1 is 1.04 bits per heavy atom.